The van der Waals surface area contributed by atoms with Crippen LogP contribution >= 0.6 is 22.6 Å². The number of carbonyl (C=O) groups excluding carboxylic acids is 1. The summed E-state index contributed by atoms with van der Waals surface area (Å²) in [5.41, 5.74) is 2.57. The number of carbonyl (C=O) groups is 1. The summed E-state index contributed by atoms with van der Waals surface area (Å²) in [5.74, 6) is 0.470. The lowest BCUT2D eigenvalue weighted by atomic mass is 10.0. The van der Waals surface area contributed by atoms with Crippen LogP contribution in [0.5, 0.6) is 0 Å². The summed E-state index contributed by atoms with van der Waals surface area (Å²) >= 11 is 2.09. The van der Waals surface area contributed by atoms with E-state index in [0.717, 1.165) is 31.2 Å². The highest BCUT2D eigenvalue weighted by Gasteiger charge is 2.31. The molecule has 0 radical (unpaired) electrons. The Morgan fingerprint density at radius 1 is 1.21 bits per heavy atom. The van der Waals surface area contributed by atoms with Crippen molar-refractivity contribution >= 4 is 55.4 Å². The summed E-state index contributed by atoms with van der Waals surface area (Å²) in [7, 11) is -2.02. The van der Waals surface area contributed by atoms with Crippen LogP contribution < -0.4 is 9.62 Å². The van der Waals surface area contributed by atoms with Gasteiger partial charge in [0.25, 0.3) is 5.91 Å². The predicted octanol–water partition coefficient (Wildman–Crippen LogP) is 5.76. The van der Waals surface area contributed by atoms with Gasteiger partial charge in [-0.25, -0.2) is 12.7 Å². The number of aryl methyl sites for hydroxylation is 1. The fourth-order valence-electron chi connectivity index (χ4n) is 4.12. The topological polar surface area (TPSA) is 92.5 Å². The van der Waals surface area contributed by atoms with Gasteiger partial charge >= 0.3 is 0 Å². The minimum Gasteiger partial charge on any atom is -0.437 e. The molecule has 0 aliphatic rings. The predicted molar refractivity (Wildman–Crippen MR) is 146 cm³/mol. The number of sulfonamides is 1. The number of furan rings is 1. The molecule has 0 aliphatic heterocycles. The van der Waals surface area contributed by atoms with Crippen molar-refractivity contribution in [3.63, 3.8) is 0 Å². The third kappa shape index (κ3) is 5.40. The molecule has 1 amide bonds. The Hall–Kier alpha value is -2.14. The quantitative estimate of drug-likeness (QED) is 0.300. The maximum Gasteiger partial charge on any atom is 0.255 e. The molecule has 9 heteroatoms. The minimum atomic E-state index is -3.59. The van der Waals surface area contributed by atoms with Gasteiger partial charge in [0.15, 0.2) is 5.82 Å². The minimum absolute atomic E-state index is 0.206. The molecule has 34 heavy (non-hydrogen) atoms. The number of hydrogen-bond donors (Lipinski definition) is 1. The van der Waals surface area contributed by atoms with Crippen LogP contribution in [0.3, 0.4) is 0 Å². The van der Waals surface area contributed by atoms with E-state index in [-0.39, 0.29) is 17.7 Å². The number of pyridine rings is 1. The molecule has 0 bridgehead atoms. The number of anilines is 1. The first-order valence-electron chi connectivity index (χ1n) is 11.6. The van der Waals surface area contributed by atoms with Crippen LogP contribution in [-0.4, -0.2) is 38.7 Å². The van der Waals surface area contributed by atoms with Gasteiger partial charge in [-0.3, -0.25) is 4.79 Å². The van der Waals surface area contributed by atoms with Gasteiger partial charge in [0, 0.05) is 18.7 Å². The van der Waals surface area contributed by atoms with E-state index in [1.165, 1.54) is 16.1 Å². The van der Waals surface area contributed by atoms with E-state index in [1.54, 1.807) is 13.1 Å². The van der Waals surface area contributed by atoms with Gasteiger partial charge < -0.3 is 9.73 Å². The maximum atomic E-state index is 12.9. The summed E-state index contributed by atoms with van der Waals surface area (Å²) < 4.78 is 34.0. The number of hydrogen-bond acceptors (Lipinski definition) is 5. The fraction of sp³-hybridized carbons (Fsp3) is 0.440. The summed E-state index contributed by atoms with van der Waals surface area (Å²) in [6, 6.07) is 9.45. The van der Waals surface area contributed by atoms with E-state index in [9.17, 15) is 13.2 Å². The van der Waals surface area contributed by atoms with E-state index in [4.69, 9.17) is 4.42 Å². The number of nitrogens with one attached hydrogen (secondary N) is 1. The van der Waals surface area contributed by atoms with Crippen molar-refractivity contribution in [1.29, 1.82) is 0 Å². The SMILES string of the molecule is CCCCC(CC)N(c1nc2oc(-c3ccc(CC)cc3)c(C(=O)NC)c2cc1I)S(C)(=O)=O. The Bertz CT molecular complexity index is 1270. The van der Waals surface area contributed by atoms with Crippen LogP contribution in [0, 0.1) is 3.57 Å². The average Bonchev–Trinajstić information content (AvgIpc) is 3.18. The number of nitrogens with zero attached hydrogens (tertiary/aromatic N) is 2. The second-order valence-corrected chi connectivity index (χ2v) is 11.4. The van der Waals surface area contributed by atoms with E-state index in [2.05, 4.69) is 46.7 Å². The van der Waals surface area contributed by atoms with Crippen LogP contribution in [0.4, 0.5) is 5.82 Å². The number of fused-ring (bicyclic) bond motifs is 1. The molecule has 3 aromatic rings. The van der Waals surface area contributed by atoms with E-state index < -0.39 is 10.0 Å². The van der Waals surface area contributed by atoms with Crippen molar-refractivity contribution in [2.75, 3.05) is 17.6 Å². The summed E-state index contributed by atoms with van der Waals surface area (Å²) in [5, 5.41) is 3.24. The lowest BCUT2D eigenvalue weighted by Crippen LogP contribution is -2.40. The second-order valence-electron chi connectivity index (χ2n) is 8.35. The van der Waals surface area contributed by atoms with Crippen LogP contribution in [-0.2, 0) is 16.4 Å². The number of rotatable bonds is 10. The molecule has 1 aromatic carbocycles. The van der Waals surface area contributed by atoms with E-state index >= 15 is 0 Å². The monoisotopic (exact) mass is 597 g/mol. The Kier molecular flexibility index (Phi) is 8.62. The smallest absolute Gasteiger partial charge is 0.255 e. The van der Waals surface area contributed by atoms with Crippen molar-refractivity contribution in [1.82, 2.24) is 10.3 Å². The standard InChI is InChI=1S/C25H32IN3O4S/c1-6-9-10-18(8-3)29(34(5,31)32)23-20(26)15-19-21(24(30)27-4)22(33-25(19)28-23)17-13-11-16(7-2)12-14-17/h11-15,18H,6-10H2,1-5H3,(H,27,30). The van der Waals surface area contributed by atoms with Crippen LogP contribution in [0.2, 0.25) is 0 Å². The van der Waals surface area contributed by atoms with Crippen molar-refractivity contribution in [3.8, 4) is 11.3 Å². The lowest BCUT2D eigenvalue weighted by Gasteiger charge is -2.30. The third-order valence-electron chi connectivity index (χ3n) is 5.96. The number of unbranched alkanes of at least 4 members (excludes halogenated alkanes) is 1. The lowest BCUT2D eigenvalue weighted by molar-refractivity contribution is 0.0964. The van der Waals surface area contributed by atoms with Crippen molar-refractivity contribution in [3.05, 3.63) is 45.0 Å². The molecule has 2 aromatic heterocycles. The molecule has 3 rings (SSSR count). The molecule has 1 atom stereocenters. The van der Waals surface area contributed by atoms with Crippen molar-refractivity contribution < 1.29 is 17.6 Å². The zero-order valence-electron chi connectivity index (χ0n) is 20.3. The molecular weight excluding hydrogens is 565 g/mol. The average molecular weight is 598 g/mol. The van der Waals surface area contributed by atoms with Gasteiger partial charge in [0.05, 0.1) is 20.8 Å². The summed E-state index contributed by atoms with van der Waals surface area (Å²) in [6.45, 7) is 6.15. The van der Waals surface area contributed by atoms with Crippen LogP contribution in [0.1, 0.15) is 62.4 Å². The Labute approximate surface area is 215 Å². The molecule has 0 saturated heterocycles. The molecule has 7 nitrogen and oxygen atoms in total. The largest absolute Gasteiger partial charge is 0.437 e. The molecule has 0 spiro atoms. The highest BCUT2D eigenvalue weighted by atomic mass is 127. The fourth-order valence-corrected chi connectivity index (χ4v) is 6.22. The van der Waals surface area contributed by atoms with Crippen LogP contribution in [0.15, 0.2) is 34.7 Å². The van der Waals surface area contributed by atoms with Gasteiger partial charge in [-0.1, -0.05) is 57.9 Å². The molecule has 1 unspecified atom stereocenters. The number of amides is 1. The van der Waals surface area contributed by atoms with Gasteiger partial charge in [0.1, 0.15) is 5.76 Å². The zero-order valence-corrected chi connectivity index (χ0v) is 23.3. The Morgan fingerprint density at radius 2 is 1.88 bits per heavy atom. The molecule has 1 N–H and O–H groups in total. The molecular formula is C25H32IN3O4S. The van der Waals surface area contributed by atoms with E-state index in [0.29, 0.717) is 32.5 Å². The van der Waals surface area contributed by atoms with Gasteiger partial charge in [-0.15, -0.1) is 0 Å². The number of aromatic nitrogens is 1. The van der Waals surface area contributed by atoms with Crippen LogP contribution in [0.25, 0.3) is 22.4 Å². The number of halogens is 1. The molecule has 0 fully saturated rings. The first-order valence-corrected chi connectivity index (χ1v) is 14.5. The third-order valence-corrected chi connectivity index (χ3v) is 7.94. The Morgan fingerprint density at radius 3 is 2.41 bits per heavy atom. The van der Waals surface area contributed by atoms with Crippen molar-refractivity contribution in [2.45, 2.75) is 58.9 Å². The molecule has 2 heterocycles. The normalized spacial score (nSPS) is 12.6. The molecule has 0 aliphatic carbocycles. The molecule has 0 saturated carbocycles. The first-order chi connectivity index (χ1) is 16.2. The van der Waals surface area contributed by atoms with Gasteiger partial charge in [-0.05, 0) is 53.5 Å². The Balaban J connectivity index is 2.24. The maximum absolute atomic E-state index is 12.9. The second kappa shape index (κ2) is 11.1. The van der Waals surface area contributed by atoms with E-state index in [1.807, 2.05) is 31.2 Å². The summed E-state index contributed by atoms with van der Waals surface area (Å²) in [4.78, 5) is 17.5. The first kappa shape index (κ1) is 26.5. The van der Waals surface area contributed by atoms with Crippen molar-refractivity contribution in [2.24, 2.45) is 0 Å². The summed E-state index contributed by atoms with van der Waals surface area (Å²) in [6.07, 6.45) is 5.42. The molecule has 184 valence electrons. The highest BCUT2D eigenvalue weighted by Crippen LogP contribution is 2.37. The highest BCUT2D eigenvalue weighted by molar-refractivity contribution is 14.1. The number of benzene rings is 1. The van der Waals surface area contributed by atoms with Gasteiger partial charge in [-0.2, -0.15) is 4.98 Å². The van der Waals surface area contributed by atoms with Gasteiger partial charge in [0.2, 0.25) is 15.7 Å². The zero-order chi connectivity index (χ0) is 25.0.